The predicted molar refractivity (Wildman–Crippen MR) is 86.6 cm³/mol. The van der Waals surface area contributed by atoms with E-state index in [9.17, 15) is 9.90 Å². The lowest BCUT2D eigenvalue weighted by atomic mass is 10.4. The number of carbonyl (C=O) groups is 1. The SMILES string of the molecule is CCP(=S)(CC)C(=NOCCc1csc(N)n1)C(=O)O. The summed E-state index contributed by atoms with van der Waals surface area (Å²) in [6.07, 6.45) is 1.77. The Bertz CT molecular complexity index is 537. The number of carboxylic acids is 1. The number of thiazole rings is 1. The molecule has 0 saturated heterocycles. The number of aliphatic carboxylic acids is 1. The molecule has 0 atom stereocenters. The fraction of sp³-hybridized carbons (Fsp3) is 0.545. The minimum Gasteiger partial charge on any atom is -0.476 e. The second kappa shape index (κ2) is 7.71. The van der Waals surface area contributed by atoms with Crippen molar-refractivity contribution in [3.8, 4) is 0 Å². The highest BCUT2D eigenvalue weighted by molar-refractivity contribution is 8.23. The molecule has 1 aromatic rings. The van der Waals surface area contributed by atoms with Gasteiger partial charge in [-0.2, -0.15) is 0 Å². The van der Waals surface area contributed by atoms with Crippen LogP contribution in [0.3, 0.4) is 0 Å². The van der Waals surface area contributed by atoms with Crippen LogP contribution in [0.4, 0.5) is 5.13 Å². The number of nitrogen functional groups attached to an aromatic ring is 1. The molecule has 0 saturated carbocycles. The van der Waals surface area contributed by atoms with Crippen molar-refractivity contribution in [1.29, 1.82) is 0 Å². The number of rotatable bonds is 8. The first kappa shape index (κ1) is 17.1. The molecule has 0 aliphatic carbocycles. The molecule has 112 valence electrons. The Hall–Kier alpha value is -0.980. The maximum absolute atomic E-state index is 11.3. The summed E-state index contributed by atoms with van der Waals surface area (Å²) in [5.41, 5.74) is 6.32. The standard InChI is InChI=1S/C11H18N3O3PS2/c1-3-18(19,4-2)9(10(15)16)14-17-6-5-8-7-20-11(12)13-8/h7H,3-6H2,1-2H3,(H2,12,13)(H,15,16). The Labute approximate surface area is 127 Å². The van der Waals surface area contributed by atoms with Crippen LogP contribution in [0, 0.1) is 0 Å². The number of aromatic nitrogens is 1. The molecule has 3 N–H and O–H groups in total. The minimum atomic E-state index is -2.13. The van der Waals surface area contributed by atoms with Crippen molar-refractivity contribution in [2.45, 2.75) is 20.3 Å². The summed E-state index contributed by atoms with van der Waals surface area (Å²) in [7, 11) is 0. The van der Waals surface area contributed by atoms with Gasteiger partial charge in [-0.05, 0) is 12.3 Å². The molecule has 1 heterocycles. The van der Waals surface area contributed by atoms with E-state index in [4.69, 9.17) is 22.4 Å². The van der Waals surface area contributed by atoms with Gasteiger partial charge in [0.05, 0.1) is 5.69 Å². The highest BCUT2D eigenvalue weighted by atomic mass is 32.4. The highest BCUT2D eigenvalue weighted by Crippen LogP contribution is 2.46. The summed E-state index contributed by atoms with van der Waals surface area (Å²) in [4.78, 5) is 20.4. The molecule has 0 amide bonds. The number of carboxylic acid groups (broad SMARTS) is 1. The number of hydrogen-bond donors (Lipinski definition) is 2. The molecule has 1 rings (SSSR count). The number of anilines is 1. The maximum Gasteiger partial charge on any atom is 0.359 e. The van der Waals surface area contributed by atoms with Crippen LogP contribution in [0.2, 0.25) is 0 Å². The van der Waals surface area contributed by atoms with Gasteiger partial charge in [-0.3, -0.25) is 0 Å². The molecule has 0 spiro atoms. The summed E-state index contributed by atoms with van der Waals surface area (Å²) in [6, 6.07) is -2.13. The van der Waals surface area contributed by atoms with Crippen LogP contribution >= 0.6 is 17.4 Å². The Balaban J connectivity index is 2.65. The lowest BCUT2D eigenvalue weighted by Crippen LogP contribution is -2.17. The zero-order chi connectivity index (χ0) is 15.2. The molecule has 0 bridgehead atoms. The molecule has 0 radical (unpaired) electrons. The van der Waals surface area contributed by atoms with Gasteiger partial charge in [0.2, 0.25) is 0 Å². The average molecular weight is 335 g/mol. The van der Waals surface area contributed by atoms with Crippen molar-refractivity contribution in [1.82, 2.24) is 4.98 Å². The van der Waals surface area contributed by atoms with Crippen LogP contribution in [-0.4, -0.2) is 40.4 Å². The second-order valence-electron chi connectivity index (χ2n) is 4.00. The predicted octanol–water partition coefficient (Wildman–Crippen LogP) is 2.20. The van der Waals surface area contributed by atoms with Crippen molar-refractivity contribution in [2.24, 2.45) is 5.16 Å². The van der Waals surface area contributed by atoms with Crippen LogP contribution in [0.15, 0.2) is 10.5 Å². The van der Waals surface area contributed by atoms with Gasteiger partial charge in [0, 0.05) is 17.8 Å². The molecule has 20 heavy (non-hydrogen) atoms. The third-order valence-corrected chi connectivity index (χ3v) is 8.65. The lowest BCUT2D eigenvalue weighted by Gasteiger charge is -2.16. The third-order valence-electron chi connectivity index (χ3n) is 2.77. The number of oxime groups is 1. The first-order valence-electron chi connectivity index (χ1n) is 6.14. The first-order valence-corrected chi connectivity index (χ1v) is 10.2. The molecule has 1 aromatic heterocycles. The molecule has 0 unspecified atom stereocenters. The molecule has 6 nitrogen and oxygen atoms in total. The van der Waals surface area contributed by atoms with Crippen LogP contribution in [0.1, 0.15) is 19.5 Å². The molecule has 0 aromatic carbocycles. The number of nitrogens with zero attached hydrogens (tertiary/aromatic N) is 2. The topological polar surface area (TPSA) is 97.8 Å². The molecule has 9 heteroatoms. The van der Waals surface area contributed by atoms with Gasteiger partial charge in [-0.25, -0.2) is 9.78 Å². The fourth-order valence-corrected chi connectivity index (χ4v) is 4.04. The zero-order valence-electron chi connectivity index (χ0n) is 11.4. The third kappa shape index (κ3) is 4.54. The Morgan fingerprint density at radius 3 is 2.70 bits per heavy atom. The van der Waals surface area contributed by atoms with Crippen LogP contribution < -0.4 is 5.73 Å². The van der Waals surface area contributed by atoms with Crippen molar-refractivity contribution in [2.75, 3.05) is 24.7 Å². The Morgan fingerprint density at radius 2 is 2.25 bits per heavy atom. The summed E-state index contributed by atoms with van der Waals surface area (Å²) < 4.78 is 0. The molecule has 0 fully saturated rings. The summed E-state index contributed by atoms with van der Waals surface area (Å²) in [6.45, 7) is 4.03. The van der Waals surface area contributed by atoms with Gasteiger partial charge in [0.15, 0.2) is 10.6 Å². The number of nitrogens with two attached hydrogens (primary N) is 1. The van der Waals surface area contributed by atoms with Gasteiger partial charge >= 0.3 is 5.97 Å². The van der Waals surface area contributed by atoms with E-state index in [0.29, 0.717) is 23.9 Å². The summed E-state index contributed by atoms with van der Waals surface area (Å²) >= 11 is 6.80. The van der Waals surface area contributed by atoms with E-state index in [1.165, 1.54) is 11.3 Å². The van der Waals surface area contributed by atoms with Gasteiger partial charge in [-0.15, -0.1) is 11.3 Å². The first-order chi connectivity index (χ1) is 9.42. The van der Waals surface area contributed by atoms with Crippen LogP contribution in [-0.2, 0) is 27.9 Å². The monoisotopic (exact) mass is 335 g/mol. The Morgan fingerprint density at radius 1 is 1.60 bits per heavy atom. The van der Waals surface area contributed by atoms with E-state index in [-0.39, 0.29) is 12.1 Å². The quantitative estimate of drug-likeness (QED) is 0.327. The number of hydrogen-bond acceptors (Lipinski definition) is 7. The van der Waals surface area contributed by atoms with E-state index in [0.717, 1.165) is 5.69 Å². The van der Waals surface area contributed by atoms with Gasteiger partial charge in [-0.1, -0.05) is 30.8 Å². The largest absolute Gasteiger partial charge is 0.476 e. The van der Waals surface area contributed by atoms with E-state index < -0.39 is 12.0 Å². The van der Waals surface area contributed by atoms with E-state index in [1.54, 1.807) is 0 Å². The van der Waals surface area contributed by atoms with Crippen molar-refractivity contribution >= 4 is 45.7 Å². The Kier molecular flexibility index (Phi) is 6.58. The molecular weight excluding hydrogens is 317 g/mol. The van der Waals surface area contributed by atoms with Gasteiger partial charge < -0.3 is 15.7 Å². The van der Waals surface area contributed by atoms with E-state index in [2.05, 4.69) is 10.1 Å². The van der Waals surface area contributed by atoms with E-state index >= 15 is 0 Å². The van der Waals surface area contributed by atoms with Crippen molar-refractivity contribution in [3.63, 3.8) is 0 Å². The maximum atomic E-state index is 11.3. The zero-order valence-corrected chi connectivity index (χ0v) is 13.9. The average Bonchev–Trinajstić information content (AvgIpc) is 2.83. The van der Waals surface area contributed by atoms with Crippen molar-refractivity contribution in [3.05, 3.63) is 11.1 Å². The van der Waals surface area contributed by atoms with E-state index in [1.807, 2.05) is 19.2 Å². The molecule has 0 aliphatic rings. The fourth-order valence-electron chi connectivity index (χ4n) is 1.51. The molecule has 0 aliphatic heterocycles. The lowest BCUT2D eigenvalue weighted by molar-refractivity contribution is -0.129. The van der Waals surface area contributed by atoms with Crippen molar-refractivity contribution < 1.29 is 14.7 Å². The van der Waals surface area contributed by atoms with Crippen LogP contribution in [0.5, 0.6) is 0 Å². The highest BCUT2D eigenvalue weighted by Gasteiger charge is 2.27. The smallest absolute Gasteiger partial charge is 0.359 e. The minimum absolute atomic E-state index is 0.00436. The second-order valence-corrected chi connectivity index (χ2v) is 10.5. The summed E-state index contributed by atoms with van der Waals surface area (Å²) in [5, 5.41) is 15.3. The van der Waals surface area contributed by atoms with Crippen LogP contribution in [0.25, 0.3) is 0 Å². The molecular formula is C11H18N3O3PS2. The summed E-state index contributed by atoms with van der Waals surface area (Å²) in [5.74, 6) is -1.09. The normalized spacial score (nSPS) is 12.4. The van der Waals surface area contributed by atoms with Gasteiger partial charge in [0.1, 0.15) is 6.61 Å². The van der Waals surface area contributed by atoms with Gasteiger partial charge in [0.25, 0.3) is 0 Å².